The van der Waals surface area contributed by atoms with E-state index in [4.69, 9.17) is 23.2 Å². The summed E-state index contributed by atoms with van der Waals surface area (Å²) in [6.45, 7) is 5.05. The molecule has 0 aliphatic rings. The maximum Gasteiger partial charge on any atom is 0.357 e. The Bertz CT molecular complexity index is 816. The van der Waals surface area contributed by atoms with Gasteiger partial charge in [0.15, 0.2) is 0 Å². The molecular formula is C16H15Cl2FN4O2. The van der Waals surface area contributed by atoms with Gasteiger partial charge in [0, 0.05) is 12.4 Å². The summed E-state index contributed by atoms with van der Waals surface area (Å²) in [5.74, 6) is -1.01. The lowest BCUT2D eigenvalue weighted by atomic mass is 10.0. The van der Waals surface area contributed by atoms with E-state index in [0.29, 0.717) is 0 Å². The van der Waals surface area contributed by atoms with E-state index in [9.17, 15) is 14.1 Å². The molecule has 2 rings (SSSR count). The number of aromatic nitrogens is 2. The van der Waals surface area contributed by atoms with Crippen molar-refractivity contribution in [1.29, 1.82) is 0 Å². The first-order chi connectivity index (χ1) is 11.7. The average molecular weight is 385 g/mol. The SMILES string of the molecule is Cc1c(Cl)c(Cl)nc(C(C)C)c1N(F)C(=O)NC(=O)c1cccnc1. The Labute approximate surface area is 153 Å². The minimum Gasteiger partial charge on any atom is -0.271 e. The van der Waals surface area contributed by atoms with Gasteiger partial charge in [-0.25, -0.2) is 9.78 Å². The summed E-state index contributed by atoms with van der Waals surface area (Å²) >= 11 is 12.0. The van der Waals surface area contributed by atoms with E-state index in [-0.39, 0.29) is 43.7 Å². The Morgan fingerprint density at radius 1 is 1.32 bits per heavy atom. The van der Waals surface area contributed by atoms with Gasteiger partial charge in [0.05, 0.1) is 16.3 Å². The van der Waals surface area contributed by atoms with Crippen LogP contribution in [0, 0.1) is 6.92 Å². The summed E-state index contributed by atoms with van der Waals surface area (Å²) in [7, 11) is 0. The molecule has 132 valence electrons. The second-order valence-corrected chi connectivity index (χ2v) is 6.25. The first-order valence-electron chi connectivity index (χ1n) is 7.30. The molecule has 0 unspecified atom stereocenters. The molecule has 0 fully saturated rings. The van der Waals surface area contributed by atoms with Crippen molar-refractivity contribution in [3.63, 3.8) is 0 Å². The standard InChI is InChI=1S/C16H15Cl2FN4O2/c1-8(2)12-13(9(3)11(17)14(18)21-12)23(19)16(25)22-15(24)10-5-4-6-20-7-10/h4-8H,1-3H3,(H,22,24,25). The highest BCUT2D eigenvalue weighted by atomic mass is 35.5. The molecule has 6 nitrogen and oxygen atoms in total. The molecule has 9 heteroatoms. The summed E-state index contributed by atoms with van der Waals surface area (Å²) in [5, 5.41) is 1.82. The molecule has 0 aromatic carbocycles. The van der Waals surface area contributed by atoms with E-state index in [0.717, 1.165) is 0 Å². The second-order valence-electron chi connectivity index (χ2n) is 5.51. The average Bonchev–Trinajstić information content (AvgIpc) is 2.59. The molecule has 0 saturated heterocycles. The number of urea groups is 1. The van der Waals surface area contributed by atoms with E-state index >= 15 is 0 Å². The number of nitrogens with one attached hydrogen (secondary N) is 1. The summed E-state index contributed by atoms with van der Waals surface area (Å²) in [6.07, 6.45) is 2.73. The fourth-order valence-electron chi connectivity index (χ4n) is 2.13. The first kappa shape index (κ1) is 19.1. The molecule has 0 aliphatic carbocycles. The number of nitrogens with zero attached hydrogens (tertiary/aromatic N) is 3. The summed E-state index contributed by atoms with van der Waals surface area (Å²) in [5.41, 5.74) is 0.480. The van der Waals surface area contributed by atoms with Gasteiger partial charge in [-0.2, -0.15) is 0 Å². The van der Waals surface area contributed by atoms with E-state index in [1.807, 2.05) is 5.32 Å². The number of imide groups is 1. The number of hydrogen-bond acceptors (Lipinski definition) is 4. The minimum absolute atomic E-state index is 0.0202. The van der Waals surface area contributed by atoms with Gasteiger partial charge in [0.1, 0.15) is 10.8 Å². The molecule has 0 saturated carbocycles. The molecule has 2 aromatic rings. The van der Waals surface area contributed by atoms with Crippen LogP contribution < -0.4 is 10.4 Å². The van der Waals surface area contributed by atoms with Crippen LogP contribution in [-0.4, -0.2) is 21.9 Å². The largest absolute Gasteiger partial charge is 0.357 e. The van der Waals surface area contributed by atoms with Gasteiger partial charge in [-0.15, -0.1) is 5.12 Å². The number of hydrogen-bond donors (Lipinski definition) is 1. The Hall–Kier alpha value is -2.25. The maximum atomic E-state index is 14.7. The minimum atomic E-state index is -1.26. The zero-order valence-corrected chi connectivity index (χ0v) is 15.2. The summed E-state index contributed by atoms with van der Waals surface area (Å²) < 4.78 is 14.7. The number of carbonyl (C=O) groups excluding carboxylic acids is 2. The van der Waals surface area contributed by atoms with Crippen LogP contribution in [0.25, 0.3) is 0 Å². The van der Waals surface area contributed by atoms with Gasteiger partial charge in [-0.1, -0.05) is 41.5 Å². The monoisotopic (exact) mass is 384 g/mol. The van der Waals surface area contributed by atoms with Gasteiger partial charge < -0.3 is 0 Å². The normalized spacial score (nSPS) is 10.7. The number of halogens is 3. The predicted octanol–water partition coefficient (Wildman–Crippen LogP) is 4.46. The smallest absolute Gasteiger partial charge is 0.271 e. The third-order valence-electron chi connectivity index (χ3n) is 3.39. The van der Waals surface area contributed by atoms with Crippen LogP contribution in [0.4, 0.5) is 15.0 Å². The number of pyridine rings is 2. The van der Waals surface area contributed by atoms with Crippen molar-refractivity contribution in [3.05, 3.63) is 51.5 Å². The van der Waals surface area contributed by atoms with Crippen LogP contribution in [0.2, 0.25) is 10.2 Å². The third-order valence-corrected chi connectivity index (χ3v) is 4.23. The molecule has 0 bridgehead atoms. The van der Waals surface area contributed by atoms with E-state index in [1.54, 1.807) is 13.8 Å². The molecule has 2 aromatic heterocycles. The zero-order chi connectivity index (χ0) is 18.7. The van der Waals surface area contributed by atoms with Crippen LogP contribution in [0.1, 0.15) is 41.4 Å². The fraction of sp³-hybridized carbons (Fsp3) is 0.250. The number of carbonyl (C=O) groups is 2. The lowest BCUT2D eigenvalue weighted by Gasteiger charge is -2.21. The van der Waals surface area contributed by atoms with Crippen LogP contribution in [0.5, 0.6) is 0 Å². The Balaban J connectivity index is 2.34. The maximum absolute atomic E-state index is 14.7. The number of amides is 3. The van der Waals surface area contributed by atoms with Crippen LogP contribution in [0.15, 0.2) is 24.5 Å². The quantitative estimate of drug-likeness (QED) is 0.626. The van der Waals surface area contributed by atoms with Crippen LogP contribution >= 0.6 is 23.2 Å². The first-order valence-corrected chi connectivity index (χ1v) is 8.06. The van der Waals surface area contributed by atoms with Crippen LogP contribution in [-0.2, 0) is 0 Å². The summed E-state index contributed by atoms with van der Waals surface area (Å²) in [4.78, 5) is 32.0. The lowest BCUT2D eigenvalue weighted by molar-refractivity contribution is 0.0962. The van der Waals surface area contributed by atoms with Gasteiger partial charge in [0.25, 0.3) is 5.91 Å². The van der Waals surface area contributed by atoms with Crippen molar-refractivity contribution in [3.8, 4) is 0 Å². The van der Waals surface area contributed by atoms with Crippen LogP contribution in [0.3, 0.4) is 0 Å². The highest BCUT2D eigenvalue weighted by molar-refractivity contribution is 6.42. The third kappa shape index (κ3) is 4.05. The van der Waals surface area contributed by atoms with Crippen molar-refractivity contribution in [2.45, 2.75) is 26.7 Å². The second kappa shape index (κ2) is 7.76. The Morgan fingerprint density at radius 2 is 2.00 bits per heavy atom. The molecule has 0 spiro atoms. The molecule has 25 heavy (non-hydrogen) atoms. The van der Waals surface area contributed by atoms with E-state index < -0.39 is 11.9 Å². The zero-order valence-electron chi connectivity index (χ0n) is 13.7. The molecule has 2 heterocycles. The molecular weight excluding hydrogens is 370 g/mol. The van der Waals surface area contributed by atoms with Gasteiger partial charge in [0.2, 0.25) is 0 Å². The van der Waals surface area contributed by atoms with Crippen molar-refractivity contribution >= 4 is 40.8 Å². The van der Waals surface area contributed by atoms with Crippen molar-refractivity contribution < 1.29 is 14.1 Å². The van der Waals surface area contributed by atoms with Crippen molar-refractivity contribution in [2.75, 3.05) is 5.12 Å². The highest BCUT2D eigenvalue weighted by Crippen LogP contribution is 2.37. The van der Waals surface area contributed by atoms with Gasteiger partial charge in [-0.05, 0) is 30.5 Å². The molecule has 0 radical (unpaired) electrons. The van der Waals surface area contributed by atoms with E-state index in [2.05, 4.69) is 9.97 Å². The van der Waals surface area contributed by atoms with Crippen molar-refractivity contribution in [2.24, 2.45) is 0 Å². The highest BCUT2D eigenvalue weighted by Gasteiger charge is 2.27. The fourth-order valence-corrected chi connectivity index (χ4v) is 2.49. The summed E-state index contributed by atoms with van der Waals surface area (Å²) in [6, 6.07) is 1.71. The molecule has 3 amide bonds. The molecule has 0 aliphatic heterocycles. The number of anilines is 1. The molecule has 1 N–H and O–H groups in total. The van der Waals surface area contributed by atoms with Crippen molar-refractivity contribution in [1.82, 2.24) is 15.3 Å². The topological polar surface area (TPSA) is 75.2 Å². The van der Waals surface area contributed by atoms with E-state index in [1.165, 1.54) is 31.5 Å². The predicted molar refractivity (Wildman–Crippen MR) is 93.8 cm³/mol. The Kier molecular flexibility index (Phi) is 5.92. The Morgan fingerprint density at radius 3 is 2.56 bits per heavy atom. The number of rotatable bonds is 3. The lowest BCUT2D eigenvalue weighted by Crippen LogP contribution is -2.39. The van der Waals surface area contributed by atoms with Gasteiger partial charge >= 0.3 is 6.03 Å². The molecule has 0 atom stereocenters. The van der Waals surface area contributed by atoms with Gasteiger partial charge in [-0.3, -0.25) is 15.1 Å².